The number of halogens is 1. The standard InChI is InChI=1S/C22H29FN4O3S/c23-18-3-1-2-17(14-18)15-24-19-4-6-20(7-5-19)26-31(28,29)21-8-9-22(25-16-21)27-10-12-30-13-11-27/h1-3,8-9,14,16,19-20,24,26H,4-7,10-13,15H2/t19-,20-. The molecule has 4 rings (SSSR count). The van der Waals surface area contributed by atoms with Crippen LogP contribution >= 0.6 is 0 Å². The van der Waals surface area contributed by atoms with E-state index in [1.54, 1.807) is 18.2 Å². The van der Waals surface area contributed by atoms with Crippen LogP contribution in [-0.2, 0) is 21.3 Å². The zero-order chi connectivity index (χ0) is 21.7. The van der Waals surface area contributed by atoms with Crippen molar-refractivity contribution in [1.82, 2.24) is 15.0 Å². The normalized spacial score (nSPS) is 22.4. The number of nitrogens with one attached hydrogen (secondary N) is 2. The van der Waals surface area contributed by atoms with Crippen LogP contribution in [0.1, 0.15) is 31.2 Å². The molecule has 2 aromatic rings. The molecular weight excluding hydrogens is 419 g/mol. The van der Waals surface area contributed by atoms with Gasteiger partial charge in [-0.15, -0.1) is 0 Å². The smallest absolute Gasteiger partial charge is 0.242 e. The van der Waals surface area contributed by atoms with Crippen molar-refractivity contribution >= 4 is 15.8 Å². The van der Waals surface area contributed by atoms with E-state index in [-0.39, 0.29) is 16.8 Å². The highest BCUT2D eigenvalue weighted by Gasteiger charge is 2.26. The van der Waals surface area contributed by atoms with Gasteiger partial charge in [-0.2, -0.15) is 0 Å². The maximum absolute atomic E-state index is 13.3. The number of ether oxygens (including phenoxy) is 1. The van der Waals surface area contributed by atoms with Gasteiger partial charge < -0.3 is 15.0 Å². The highest BCUT2D eigenvalue weighted by atomic mass is 32.2. The van der Waals surface area contributed by atoms with Gasteiger partial charge in [0.1, 0.15) is 16.5 Å². The molecule has 31 heavy (non-hydrogen) atoms. The topological polar surface area (TPSA) is 83.6 Å². The van der Waals surface area contributed by atoms with Crippen molar-refractivity contribution < 1.29 is 17.5 Å². The second kappa shape index (κ2) is 10.0. The van der Waals surface area contributed by atoms with Crippen molar-refractivity contribution in [3.63, 3.8) is 0 Å². The first-order chi connectivity index (χ1) is 15.0. The van der Waals surface area contributed by atoms with E-state index in [0.29, 0.717) is 25.8 Å². The van der Waals surface area contributed by atoms with Crippen LogP contribution in [0.5, 0.6) is 0 Å². The number of rotatable bonds is 7. The molecule has 0 radical (unpaired) electrons. The number of benzene rings is 1. The molecule has 2 fully saturated rings. The van der Waals surface area contributed by atoms with Crippen LogP contribution in [0.2, 0.25) is 0 Å². The lowest BCUT2D eigenvalue weighted by Gasteiger charge is -2.30. The number of hydrogen-bond donors (Lipinski definition) is 2. The molecule has 7 nitrogen and oxygen atoms in total. The molecule has 1 saturated heterocycles. The molecule has 0 atom stereocenters. The molecular formula is C22H29FN4O3S. The second-order valence-corrected chi connectivity index (χ2v) is 9.85. The van der Waals surface area contributed by atoms with Crippen LogP contribution in [0.4, 0.5) is 10.2 Å². The van der Waals surface area contributed by atoms with Gasteiger partial charge in [0, 0.05) is 37.9 Å². The molecule has 1 aliphatic carbocycles. The van der Waals surface area contributed by atoms with Crippen molar-refractivity contribution in [1.29, 1.82) is 0 Å². The maximum atomic E-state index is 13.3. The molecule has 1 saturated carbocycles. The summed E-state index contributed by atoms with van der Waals surface area (Å²) in [5.41, 5.74) is 0.913. The minimum absolute atomic E-state index is 0.0869. The van der Waals surface area contributed by atoms with E-state index in [0.717, 1.165) is 50.2 Å². The van der Waals surface area contributed by atoms with E-state index in [9.17, 15) is 12.8 Å². The predicted octanol–water partition coefficient (Wildman–Crippen LogP) is 2.44. The van der Waals surface area contributed by atoms with E-state index >= 15 is 0 Å². The summed E-state index contributed by atoms with van der Waals surface area (Å²) in [6.07, 6.45) is 4.70. The first-order valence-electron chi connectivity index (χ1n) is 10.8. The number of hydrogen-bond acceptors (Lipinski definition) is 6. The number of aromatic nitrogens is 1. The molecule has 0 bridgehead atoms. The van der Waals surface area contributed by atoms with E-state index in [1.807, 2.05) is 6.07 Å². The summed E-state index contributed by atoms with van der Waals surface area (Å²) in [7, 11) is -3.60. The van der Waals surface area contributed by atoms with Crippen LogP contribution < -0.4 is 14.9 Å². The lowest BCUT2D eigenvalue weighted by molar-refractivity contribution is 0.122. The van der Waals surface area contributed by atoms with Gasteiger partial charge in [0.2, 0.25) is 10.0 Å². The Morgan fingerprint density at radius 2 is 1.81 bits per heavy atom. The van der Waals surface area contributed by atoms with E-state index in [4.69, 9.17) is 4.74 Å². The van der Waals surface area contributed by atoms with Crippen molar-refractivity contribution in [2.45, 2.75) is 49.2 Å². The Balaban J connectivity index is 1.26. The second-order valence-electron chi connectivity index (χ2n) is 8.13. The fourth-order valence-corrected chi connectivity index (χ4v) is 5.37. The van der Waals surface area contributed by atoms with Gasteiger partial charge in [-0.3, -0.25) is 0 Å². The number of sulfonamides is 1. The van der Waals surface area contributed by atoms with Crippen molar-refractivity contribution in [2.75, 3.05) is 31.2 Å². The van der Waals surface area contributed by atoms with Gasteiger partial charge in [-0.25, -0.2) is 22.5 Å². The Bertz CT molecular complexity index is 957. The molecule has 0 spiro atoms. The summed E-state index contributed by atoms with van der Waals surface area (Å²) in [6.45, 7) is 3.44. The van der Waals surface area contributed by atoms with E-state index in [2.05, 4.69) is 19.9 Å². The quantitative estimate of drug-likeness (QED) is 0.677. The lowest BCUT2D eigenvalue weighted by atomic mass is 9.92. The molecule has 0 unspecified atom stereocenters. The minimum atomic E-state index is -3.60. The van der Waals surface area contributed by atoms with Crippen LogP contribution in [0, 0.1) is 5.82 Å². The molecule has 168 valence electrons. The molecule has 1 aliphatic heterocycles. The first-order valence-corrected chi connectivity index (χ1v) is 12.3. The molecule has 2 heterocycles. The third-order valence-electron chi connectivity index (χ3n) is 5.90. The van der Waals surface area contributed by atoms with Crippen LogP contribution in [-0.4, -0.2) is 51.8 Å². The van der Waals surface area contributed by atoms with E-state index < -0.39 is 10.0 Å². The lowest BCUT2D eigenvalue weighted by Crippen LogP contribution is -2.42. The number of pyridine rings is 1. The molecule has 1 aromatic heterocycles. The maximum Gasteiger partial charge on any atom is 0.242 e. The van der Waals surface area contributed by atoms with Crippen molar-refractivity contribution in [3.05, 3.63) is 54.0 Å². The average molecular weight is 449 g/mol. The van der Waals surface area contributed by atoms with Crippen LogP contribution in [0.15, 0.2) is 47.5 Å². The number of anilines is 1. The number of nitrogens with zero attached hydrogens (tertiary/aromatic N) is 2. The van der Waals surface area contributed by atoms with Crippen molar-refractivity contribution in [3.8, 4) is 0 Å². The van der Waals surface area contributed by atoms with E-state index in [1.165, 1.54) is 18.3 Å². The van der Waals surface area contributed by atoms with Gasteiger partial charge >= 0.3 is 0 Å². The number of morpholine rings is 1. The van der Waals surface area contributed by atoms with Gasteiger partial charge in [0.05, 0.1) is 13.2 Å². The molecule has 2 aliphatic rings. The summed E-state index contributed by atoms with van der Waals surface area (Å²) in [5.74, 6) is 0.539. The summed E-state index contributed by atoms with van der Waals surface area (Å²) in [5, 5.41) is 3.45. The molecule has 1 aromatic carbocycles. The summed E-state index contributed by atoms with van der Waals surface area (Å²) < 4.78 is 47.0. The minimum Gasteiger partial charge on any atom is -0.378 e. The van der Waals surface area contributed by atoms with Crippen LogP contribution in [0.3, 0.4) is 0 Å². The van der Waals surface area contributed by atoms with Gasteiger partial charge in [0.25, 0.3) is 0 Å². The van der Waals surface area contributed by atoms with Crippen molar-refractivity contribution in [2.24, 2.45) is 0 Å². The fourth-order valence-electron chi connectivity index (χ4n) is 4.12. The summed E-state index contributed by atoms with van der Waals surface area (Å²) in [4.78, 5) is 6.63. The fraction of sp³-hybridized carbons (Fsp3) is 0.500. The highest BCUT2D eigenvalue weighted by Crippen LogP contribution is 2.22. The van der Waals surface area contributed by atoms with Gasteiger partial charge in [-0.1, -0.05) is 12.1 Å². The Morgan fingerprint density at radius 3 is 2.48 bits per heavy atom. The SMILES string of the molecule is O=S(=O)(N[C@H]1CC[C@H](NCc2cccc(F)c2)CC1)c1ccc(N2CCOCC2)nc1. The Kier molecular flexibility index (Phi) is 7.16. The Morgan fingerprint density at radius 1 is 1.06 bits per heavy atom. The summed E-state index contributed by atoms with van der Waals surface area (Å²) >= 11 is 0. The largest absolute Gasteiger partial charge is 0.378 e. The predicted molar refractivity (Wildman–Crippen MR) is 117 cm³/mol. The molecule has 9 heteroatoms. The third kappa shape index (κ3) is 6.00. The van der Waals surface area contributed by atoms with Gasteiger partial charge in [-0.05, 0) is 55.5 Å². The zero-order valence-electron chi connectivity index (χ0n) is 17.5. The van der Waals surface area contributed by atoms with Gasteiger partial charge in [0.15, 0.2) is 0 Å². The average Bonchev–Trinajstić information content (AvgIpc) is 2.79. The summed E-state index contributed by atoms with van der Waals surface area (Å²) in [6, 6.07) is 10.2. The highest BCUT2D eigenvalue weighted by molar-refractivity contribution is 7.89. The molecule has 0 amide bonds. The first kappa shape index (κ1) is 22.1. The monoisotopic (exact) mass is 448 g/mol. The van der Waals surface area contributed by atoms with Crippen LogP contribution in [0.25, 0.3) is 0 Å². The zero-order valence-corrected chi connectivity index (χ0v) is 18.3. The molecule has 2 N–H and O–H groups in total. The Hall–Kier alpha value is -2.07. The third-order valence-corrected chi connectivity index (χ3v) is 7.40. The Labute approximate surface area is 183 Å².